The number of methoxy groups -OCH3 is 2. The summed E-state index contributed by atoms with van der Waals surface area (Å²) in [6.45, 7) is 0. The minimum absolute atomic E-state index is 0.324. The molecule has 82 valence electrons. The zero-order chi connectivity index (χ0) is 10.9. The van der Waals surface area contributed by atoms with Crippen LogP contribution in [0.15, 0.2) is 6.20 Å². The third-order valence-corrected chi connectivity index (χ3v) is 3.16. The maximum absolute atomic E-state index is 5.94. The Kier molecular flexibility index (Phi) is 2.80. The lowest BCUT2D eigenvalue weighted by Gasteiger charge is -2.38. The van der Waals surface area contributed by atoms with Gasteiger partial charge in [0.2, 0.25) is 0 Å². The van der Waals surface area contributed by atoms with Crippen LogP contribution in [0.5, 0.6) is 5.75 Å². The van der Waals surface area contributed by atoms with E-state index in [1.165, 1.54) is 0 Å². The lowest BCUT2D eigenvalue weighted by atomic mass is 9.79. The summed E-state index contributed by atoms with van der Waals surface area (Å²) in [6.07, 6.45) is 4.63. The number of aromatic nitrogens is 2. The Morgan fingerprint density at radius 3 is 2.53 bits per heavy atom. The van der Waals surface area contributed by atoms with E-state index in [0.717, 1.165) is 19.3 Å². The predicted octanol–water partition coefficient (Wildman–Crippen LogP) is 2.16. The monoisotopic (exact) mass is 228 g/mol. The average molecular weight is 229 g/mol. The Hall–Kier alpha value is -0.870. The number of rotatable bonds is 3. The van der Waals surface area contributed by atoms with E-state index in [2.05, 4.69) is 9.97 Å². The minimum atomic E-state index is -0.324. The standard InChI is InChI=1S/C10H13ClN2O2/c1-14-7-6-12-9(13-8(7)11)10(15-2)4-3-5-10/h6H,3-5H2,1-2H3. The second kappa shape index (κ2) is 3.94. The molecule has 0 aliphatic heterocycles. The highest BCUT2D eigenvalue weighted by Gasteiger charge is 2.41. The number of halogens is 1. The van der Waals surface area contributed by atoms with Crippen LogP contribution >= 0.6 is 11.6 Å². The van der Waals surface area contributed by atoms with E-state index in [1.54, 1.807) is 20.4 Å². The maximum Gasteiger partial charge on any atom is 0.174 e. The highest BCUT2D eigenvalue weighted by molar-refractivity contribution is 6.30. The van der Waals surface area contributed by atoms with Gasteiger partial charge in [-0.25, -0.2) is 9.97 Å². The number of nitrogens with zero attached hydrogens (tertiary/aromatic N) is 2. The second-order valence-corrected chi connectivity index (χ2v) is 3.96. The molecule has 1 aromatic heterocycles. The molecule has 4 nitrogen and oxygen atoms in total. The van der Waals surface area contributed by atoms with Gasteiger partial charge < -0.3 is 9.47 Å². The predicted molar refractivity (Wildman–Crippen MR) is 56.1 cm³/mol. The first-order valence-electron chi connectivity index (χ1n) is 4.84. The molecule has 0 saturated heterocycles. The Balaban J connectivity index is 2.33. The Labute approximate surface area is 93.6 Å². The average Bonchev–Trinajstić information content (AvgIpc) is 2.17. The van der Waals surface area contributed by atoms with Crippen molar-refractivity contribution in [2.24, 2.45) is 0 Å². The molecule has 0 radical (unpaired) electrons. The summed E-state index contributed by atoms with van der Waals surface area (Å²) in [5.74, 6) is 1.15. The van der Waals surface area contributed by atoms with Gasteiger partial charge >= 0.3 is 0 Å². The normalized spacial score (nSPS) is 18.3. The lowest BCUT2D eigenvalue weighted by Crippen LogP contribution is -2.38. The van der Waals surface area contributed by atoms with E-state index in [9.17, 15) is 0 Å². The van der Waals surface area contributed by atoms with Crippen LogP contribution in [0.2, 0.25) is 5.15 Å². The van der Waals surface area contributed by atoms with Crippen molar-refractivity contribution in [3.05, 3.63) is 17.2 Å². The SMILES string of the molecule is COc1cnc(C2(OC)CCC2)nc1Cl. The van der Waals surface area contributed by atoms with Crippen LogP contribution in [0.1, 0.15) is 25.1 Å². The van der Waals surface area contributed by atoms with Crippen molar-refractivity contribution in [2.45, 2.75) is 24.9 Å². The molecule has 5 heteroatoms. The van der Waals surface area contributed by atoms with E-state index in [4.69, 9.17) is 21.1 Å². The van der Waals surface area contributed by atoms with E-state index in [1.807, 2.05) is 0 Å². The molecule has 15 heavy (non-hydrogen) atoms. The van der Waals surface area contributed by atoms with Crippen LogP contribution in [0.4, 0.5) is 0 Å². The van der Waals surface area contributed by atoms with Crippen molar-refractivity contribution in [3.8, 4) is 5.75 Å². The van der Waals surface area contributed by atoms with Gasteiger partial charge in [0, 0.05) is 7.11 Å². The van der Waals surface area contributed by atoms with E-state index < -0.39 is 0 Å². The third-order valence-electron chi connectivity index (χ3n) is 2.89. The molecule has 1 saturated carbocycles. The molecule has 1 aliphatic rings. The van der Waals surface area contributed by atoms with Gasteiger partial charge in [0.25, 0.3) is 0 Å². The molecule has 0 atom stereocenters. The maximum atomic E-state index is 5.94. The topological polar surface area (TPSA) is 44.2 Å². The lowest BCUT2D eigenvalue weighted by molar-refractivity contribution is -0.0847. The third kappa shape index (κ3) is 1.68. The Morgan fingerprint density at radius 2 is 2.13 bits per heavy atom. The summed E-state index contributed by atoms with van der Waals surface area (Å²) in [5, 5.41) is 0.339. The van der Waals surface area contributed by atoms with Gasteiger partial charge in [-0.15, -0.1) is 0 Å². The van der Waals surface area contributed by atoms with Crippen molar-refractivity contribution >= 4 is 11.6 Å². The van der Waals surface area contributed by atoms with Gasteiger partial charge in [-0.1, -0.05) is 11.6 Å². The highest BCUT2D eigenvalue weighted by Crippen LogP contribution is 2.43. The van der Waals surface area contributed by atoms with Gasteiger partial charge in [-0.3, -0.25) is 0 Å². The van der Waals surface area contributed by atoms with Crippen LogP contribution in [0.3, 0.4) is 0 Å². The molecule has 0 spiro atoms. The summed E-state index contributed by atoms with van der Waals surface area (Å²) in [4.78, 5) is 8.44. The molecule has 0 aromatic carbocycles. The first-order valence-corrected chi connectivity index (χ1v) is 5.22. The second-order valence-electron chi connectivity index (χ2n) is 3.60. The van der Waals surface area contributed by atoms with E-state index in [0.29, 0.717) is 16.7 Å². The van der Waals surface area contributed by atoms with Crippen molar-refractivity contribution in [1.29, 1.82) is 0 Å². The van der Waals surface area contributed by atoms with E-state index >= 15 is 0 Å². The summed E-state index contributed by atoms with van der Waals surface area (Å²) in [7, 11) is 3.22. The zero-order valence-corrected chi connectivity index (χ0v) is 9.54. The fourth-order valence-corrected chi connectivity index (χ4v) is 1.93. The van der Waals surface area contributed by atoms with Gasteiger partial charge in [-0.2, -0.15) is 0 Å². The first kappa shape index (κ1) is 10.6. The van der Waals surface area contributed by atoms with Crippen molar-refractivity contribution < 1.29 is 9.47 Å². The van der Waals surface area contributed by atoms with Gasteiger partial charge in [0.05, 0.1) is 13.3 Å². The summed E-state index contributed by atoms with van der Waals surface area (Å²) >= 11 is 5.94. The Bertz CT molecular complexity index is 361. The van der Waals surface area contributed by atoms with E-state index in [-0.39, 0.29) is 5.60 Å². The number of hydrogen-bond acceptors (Lipinski definition) is 4. The molecule has 1 heterocycles. The largest absolute Gasteiger partial charge is 0.492 e. The molecule has 1 fully saturated rings. The van der Waals surface area contributed by atoms with Crippen LogP contribution in [-0.4, -0.2) is 24.2 Å². The van der Waals surface area contributed by atoms with Crippen LogP contribution in [0.25, 0.3) is 0 Å². The van der Waals surface area contributed by atoms with Crippen LogP contribution in [0, 0.1) is 0 Å². The molecule has 0 N–H and O–H groups in total. The smallest absolute Gasteiger partial charge is 0.174 e. The molecule has 1 aliphatic carbocycles. The fraction of sp³-hybridized carbons (Fsp3) is 0.600. The molecule has 1 aromatic rings. The van der Waals surface area contributed by atoms with Crippen molar-refractivity contribution in [2.75, 3.05) is 14.2 Å². The molecule has 2 rings (SSSR count). The minimum Gasteiger partial charge on any atom is -0.492 e. The number of hydrogen-bond donors (Lipinski definition) is 0. The number of ether oxygens (including phenoxy) is 2. The van der Waals surface area contributed by atoms with Crippen LogP contribution < -0.4 is 4.74 Å². The summed E-state index contributed by atoms with van der Waals surface area (Å²) in [6, 6.07) is 0. The van der Waals surface area contributed by atoms with Gasteiger partial charge in [0.15, 0.2) is 16.7 Å². The van der Waals surface area contributed by atoms with Gasteiger partial charge in [-0.05, 0) is 19.3 Å². The molecule has 0 amide bonds. The van der Waals surface area contributed by atoms with Gasteiger partial charge in [0.1, 0.15) is 5.60 Å². The molecule has 0 bridgehead atoms. The zero-order valence-electron chi connectivity index (χ0n) is 8.79. The Morgan fingerprint density at radius 1 is 1.40 bits per heavy atom. The highest BCUT2D eigenvalue weighted by atomic mass is 35.5. The molecule has 0 unspecified atom stereocenters. The quantitative estimate of drug-likeness (QED) is 0.744. The summed E-state index contributed by atoms with van der Waals surface area (Å²) in [5.41, 5.74) is -0.324. The first-order chi connectivity index (χ1) is 7.22. The van der Waals surface area contributed by atoms with Crippen LogP contribution in [-0.2, 0) is 10.3 Å². The summed E-state index contributed by atoms with van der Waals surface area (Å²) < 4.78 is 10.5. The fourth-order valence-electron chi connectivity index (χ4n) is 1.72. The molecular weight excluding hydrogens is 216 g/mol. The molecular formula is C10H13ClN2O2. The van der Waals surface area contributed by atoms with Crippen molar-refractivity contribution in [1.82, 2.24) is 9.97 Å². The van der Waals surface area contributed by atoms with Crippen molar-refractivity contribution in [3.63, 3.8) is 0 Å².